The molecule has 2 N–H and O–H groups in total. The Morgan fingerprint density at radius 3 is 2.78 bits per heavy atom. The van der Waals surface area contributed by atoms with Gasteiger partial charge in [-0.1, -0.05) is 18.2 Å². The Hall–Kier alpha value is -1.59. The zero-order valence-electron chi connectivity index (χ0n) is 10.5. The smallest absolute Gasteiger partial charge is 0.306 e. The van der Waals surface area contributed by atoms with E-state index in [1.165, 1.54) is 7.11 Å². The third-order valence-electron chi connectivity index (χ3n) is 2.30. The van der Waals surface area contributed by atoms with Crippen molar-refractivity contribution in [3.8, 4) is 5.75 Å². The molecule has 0 amide bonds. The second-order valence-electron chi connectivity index (χ2n) is 3.81. The van der Waals surface area contributed by atoms with Gasteiger partial charge in [-0.25, -0.2) is 0 Å². The Morgan fingerprint density at radius 1 is 1.39 bits per heavy atom. The molecule has 0 aliphatic carbocycles. The van der Waals surface area contributed by atoms with E-state index in [4.69, 9.17) is 4.74 Å². The average molecular weight is 253 g/mol. The van der Waals surface area contributed by atoms with Gasteiger partial charge >= 0.3 is 5.97 Å². The lowest BCUT2D eigenvalue weighted by Gasteiger charge is -2.12. The molecule has 100 valence electrons. The Kier molecular flexibility index (Phi) is 6.83. The Morgan fingerprint density at radius 2 is 2.11 bits per heavy atom. The van der Waals surface area contributed by atoms with E-state index in [1.54, 1.807) is 0 Å². The van der Waals surface area contributed by atoms with Crippen LogP contribution in [0.2, 0.25) is 0 Å². The molecule has 0 radical (unpaired) electrons. The Bertz CT molecular complexity index is 342. The largest absolute Gasteiger partial charge is 0.491 e. The molecular formula is C13H19NO4. The first-order chi connectivity index (χ1) is 8.72. The van der Waals surface area contributed by atoms with Crippen LogP contribution < -0.4 is 10.1 Å². The highest BCUT2D eigenvalue weighted by atomic mass is 16.5. The maximum atomic E-state index is 10.8. The number of hydrogen-bond acceptors (Lipinski definition) is 5. The third kappa shape index (κ3) is 6.22. The summed E-state index contributed by atoms with van der Waals surface area (Å²) < 4.78 is 9.88. The van der Waals surface area contributed by atoms with Crippen LogP contribution in [0.4, 0.5) is 0 Å². The topological polar surface area (TPSA) is 67.8 Å². The van der Waals surface area contributed by atoms with Crippen molar-refractivity contribution < 1.29 is 19.4 Å². The molecule has 0 unspecified atom stereocenters. The SMILES string of the molecule is COC(=O)CCNC[C@H](O)COc1ccccc1. The highest BCUT2D eigenvalue weighted by Gasteiger charge is 2.05. The van der Waals surface area contributed by atoms with Crippen molar-refractivity contribution in [3.63, 3.8) is 0 Å². The van der Waals surface area contributed by atoms with Gasteiger partial charge in [0.1, 0.15) is 18.5 Å². The predicted octanol–water partition coefficient (Wildman–Crippen LogP) is 0.579. The standard InChI is InChI=1S/C13H19NO4/c1-17-13(16)7-8-14-9-11(15)10-18-12-5-3-2-4-6-12/h2-6,11,14-15H,7-10H2,1H3/t11-/m0/s1. The van der Waals surface area contributed by atoms with E-state index in [0.717, 1.165) is 5.75 Å². The van der Waals surface area contributed by atoms with Crippen molar-refractivity contribution >= 4 is 5.97 Å². The number of ether oxygens (including phenoxy) is 2. The van der Waals surface area contributed by atoms with Crippen LogP contribution in [0.25, 0.3) is 0 Å². The quantitative estimate of drug-likeness (QED) is 0.524. The molecule has 0 aliphatic heterocycles. The van der Waals surface area contributed by atoms with Gasteiger partial charge in [0.05, 0.1) is 13.5 Å². The molecule has 18 heavy (non-hydrogen) atoms. The minimum absolute atomic E-state index is 0.217. The van der Waals surface area contributed by atoms with Crippen molar-refractivity contribution in [2.45, 2.75) is 12.5 Å². The second-order valence-corrected chi connectivity index (χ2v) is 3.81. The number of rotatable bonds is 8. The third-order valence-corrected chi connectivity index (χ3v) is 2.30. The number of methoxy groups -OCH3 is 1. The van der Waals surface area contributed by atoms with Gasteiger partial charge in [-0.15, -0.1) is 0 Å². The van der Waals surface area contributed by atoms with Crippen LogP contribution >= 0.6 is 0 Å². The van der Waals surface area contributed by atoms with Gasteiger partial charge in [-0.2, -0.15) is 0 Å². The number of esters is 1. The molecule has 0 bridgehead atoms. The van der Waals surface area contributed by atoms with E-state index in [9.17, 15) is 9.90 Å². The first-order valence-corrected chi connectivity index (χ1v) is 5.86. The number of benzene rings is 1. The van der Waals surface area contributed by atoms with E-state index < -0.39 is 6.10 Å². The highest BCUT2D eigenvalue weighted by molar-refractivity contribution is 5.69. The fourth-order valence-electron chi connectivity index (χ4n) is 1.33. The van der Waals surface area contributed by atoms with Gasteiger partial charge in [0, 0.05) is 13.1 Å². The average Bonchev–Trinajstić information content (AvgIpc) is 2.42. The van der Waals surface area contributed by atoms with Gasteiger partial charge in [0.25, 0.3) is 0 Å². The molecule has 0 aromatic heterocycles. The maximum Gasteiger partial charge on any atom is 0.306 e. The van der Waals surface area contributed by atoms with Crippen molar-refractivity contribution in [2.75, 3.05) is 26.8 Å². The molecule has 5 nitrogen and oxygen atoms in total. The fourth-order valence-corrected chi connectivity index (χ4v) is 1.33. The Balaban J connectivity index is 2.07. The summed E-state index contributed by atoms with van der Waals surface area (Å²) in [4.78, 5) is 10.8. The lowest BCUT2D eigenvalue weighted by molar-refractivity contribution is -0.140. The monoisotopic (exact) mass is 253 g/mol. The summed E-state index contributed by atoms with van der Waals surface area (Å²) in [7, 11) is 1.35. The Labute approximate surface area is 107 Å². The number of aliphatic hydroxyl groups is 1. The van der Waals surface area contributed by atoms with Crippen molar-refractivity contribution in [3.05, 3.63) is 30.3 Å². The summed E-state index contributed by atoms with van der Waals surface area (Å²) in [6.07, 6.45) is -0.314. The first kappa shape index (κ1) is 14.5. The van der Waals surface area contributed by atoms with Crippen LogP contribution in [0, 0.1) is 0 Å². The fraction of sp³-hybridized carbons (Fsp3) is 0.462. The second kappa shape index (κ2) is 8.49. The molecule has 1 aromatic carbocycles. The van der Waals surface area contributed by atoms with Gasteiger partial charge < -0.3 is 19.9 Å². The van der Waals surface area contributed by atoms with Crippen LogP contribution in [0.15, 0.2) is 30.3 Å². The van der Waals surface area contributed by atoms with Gasteiger partial charge in [0.15, 0.2) is 0 Å². The highest BCUT2D eigenvalue weighted by Crippen LogP contribution is 2.08. The summed E-state index contributed by atoms with van der Waals surface area (Å²) in [5.41, 5.74) is 0. The zero-order valence-corrected chi connectivity index (χ0v) is 10.5. The molecule has 1 rings (SSSR count). The molecule has 1 aromatic rings. The van der Waals surface area contributed by atoms with Gasteiger partial charge in [0.2, 0.25) is 0 Å². The number of hydrogen-bond donors (Lipinski definition) is 2. The maximum absolute atomic E-state index is 10.8. The molecule has 0 saturated carbocycles. The van der Waals surface area contributed by atoms with E-state index in [0.29, 0.717) is 19.5 Å². The van der Waals surface area contributed by atoms with Crippen LogP contribution in [0.3, 0.4) is 0 Å². The molecule has 0 saturated heterocycles. The van der Waals surface area contributed by atoms with E-state index in [2.05, 4.69) is 10.1 Å². The van der Waals surface area contributed by atoms with Gasteiger partial charge in [-0.3, -0.25) is 4.79 Å². The van der Waals surface area contributed by atoms with Crippen LogP contribution in [0.5, 0.6) is 5.75 Å². The van der Waals surface area contributed by atoms with Gasteiger partial charge in [-0.05, 0) is 12.1 Å². The number of para-hydroxylation sites is 1. The van der Waals surface area contributed by atoms with Crippen LogP contribution in [-0.4, -0.2) is 44.0 Å². The molecule has 0 spiro atoms. The van der Waals surface area contributed by atoms with E-state index in [1.807, 2.05) is 30.3 Å². The number of carbonyl (C=O) groups is 1. The molecule has 0 aliphatic rings. The van der Waals surface area contributed by atoms with Crippen LogP contribution in [0.1, 0.15) is 6.42 Å². The van der Waals surface area contributed by atoms with E-state index in [-0.39, 0.29) is 12.6 Å². The normalized spacial score (nSPS) is 11.9. The minimum atomic E-state index is -0.608. The molecule has 0 heterocycles. The summed E-state index contributed by atoms with van der Waals surface area (Å²) in [5.74, 6) is 0.462. The molecule has 1 atom stereocenters. The number of nitrogens with one attached hydrogen (secondary N) is 1. The summed E-state index contributed by atoms with van der Waals surface area (Å²) in [6.45, 7) is 1.08. The van der Waals surface area contributed by atoms with Crippen molar-refractivity contribution in [2.24, 2.45) is 0 Å². The van der Waals surface area contributed by atoms with E-state index >= 15 is 0 Å². The summed E-state index contributed by atoms with van der Waals surface area (Å²) >= 11 is 0. The lowest BCUT2D eigenvalue weighted by atomic mass is 10.3. The molecule has 0 fully saturated rings. The van der Waals surface area contributed by atoms with Crippen molar-refractivity contribution in [1.29, 1.82) is 0 Å². The summed E-state index contributed by atoms with van der Waals surface area (Å²) in [6, 6.07) is 9.30. The number of aliphatic hydroxyl groups excluding tert-OH is 1. The summed E-state index contributed by atoms with van der Waals surface area (Å²) in [5, 5.41) is 12.6. The predicted molar refractivity (Wildman–Crippen MR) is 67.4 cm³/mol. The van der Waals surface area contributed by atoms with Crippen LogP contribution in [-0.2, 0) is 9.53 Å². The molecular weight excluding hydrogens is 234 g/mol. The first-order valence-electron chi connectivity index (χ1n) is 5.86. The molecule has 5 heteroatoms. The minimum Gasteiger partial charge on any atom is -0.491 e. The zero-order chi connectivity index (χ0) is 13.2. The van der Waals surface area contributed by atoms with Crippen molar-refractivity contribution in [1.82, 2.24) is 5.32 Å². The number of carbonyl (C=O) groups excluding carboxylic acids is 1. The lowest BCUT2D eigenvalue weighted by Crippen LogP contribution is -2.32.